The van der Waals surface area contributed by atoms with Crippen molar-refractivity contribution in [2.45, 2.75) is 57.7 Å². The van der Waals surface area contributed by atoms with Crippen LogP contribution in [0.15, 0.2) is 4.99 Å². The zero-order valence-electron chi connectivity index (χ0n) is 17.7. The maximum Gasteiger partial charge on any atom is 0.410 e. The molecule has 3 aliphatic rings. The lowest BCUT2D eigenvalue weighted by atomic mass is 10.1. The number of nitrogens with zero attached hydrogens (tertiary/aromatic N) is 3. The van der Waals surface area contributed by atoms with E-state index in [1.807, 2.05) is 20.8 Å². The van der Waals surface area contributed by atoms with Gasteiger partial charge in [0.25, 0.3) is 0 Å². The highest BCUT2D eigenvalue weighted by molar-refractivity contribution is 14.0. The lowest BCUT2D eigenvalue weighted by Gasteiger charge is -2.39. The molecular weight excluding hydrogens is 509 g/mol. The van der Waals surface area contributed by atoms with Crippen LogP contribution in [-0.4, -0.2) is 86.9 Å². The Morgan fingerprint density at radius 3 is 2.66 bits per heavy atom. The van der Waals surface area contributed by atoms with Crippen LogP contribution in [0.3, 0.4) is 0 Å². The number of fused-ring (bicyclic) bond motifs is 1. The van der Waals surface area contributed by atoms with Gasteiger partial charge in [-0.3, -0.25) is 4.99 Å². The highest BCUT2D eigenvalue weighted by Gasteiger charge is 2.37. The number of hydrogen-bond donors (Lipinski definition) is 2. The molecule has 2 aliphatic heterocycles. The molecule has 0 aromatic rings. The van der Waals surface area contributed by atoms with Crippen LogP contribution in [0, 0.1) is 5.92 Å². The van der Waals surface area contributed by atoms with E-state index < -0.39 is 15.6 Å². The summed E-state index contributed by atoms with van der Waals surface area (Å²) >= 11 is 0. The number of hydrogen-bond acceptors (Lipinski definition) is 7. The van der Waals surface area contributed by atoms with Crippen LogP contribution in [-0.2, 0) is 14.8 Å². The van der Waals surface area contributed by atoms with E-state index >= 15 is 0 Å². The van der Waals surface area contributed by atoms with Crippen LogP contribution in [0.2, 0.25) is 0 Å². The lowest BCUT2D eigenvalue weighted by molar-refractivity contribution is 0.0137. The first-order valence-corrected chi connectivity index (χ1v) is 11.9. The van der Waals surface area contributed by atoms with Gasteiger partial charge in [0, 0.05) is 32.2 Å². The second-order valence-corrected chi connectivity index (χ2v) is 10.8. The van der Waals surface area contributed by atoms with E-state index in [0.29, 0.717) is 32.7 Å². The van der Waals surface area contributed by atoms with Gasteiger partial charge in [-0.2, -0.15) is 0 Å². The maximum atomic E-state index is 12.3. The lowest BCUT2D eigenvalue weighted by Crippen LogP contribution is -2.58. The fourth-order valence-electron chi connectivity index (χ4n) is 4.16. The SMILES string of the molecule is CC(C)(C)OC(=O)N1CCN2C(NCC3CCCC3NS(C)(=O)=O)=NCC2C1.I. The normalized spacial score (nSPS) is 27.2. The Balaban J connectivity index is 0.00000300. The summed E-state index contributed by atoms with van der Waals surface area (Å²) in [5.74, 6) is 1.12. The molecule has 3 unspecified atom stereocenters. The molecule has 1 amide bonds. The van der Waals surface area contributed by atoms with Gasteiger partial charge in [0.15, 0.2) is 5.96 Å². The van der Waals surface area contributed by atoms with Crippen molar-refractivity contribution >= 4 is 46.1 Å². The third-order valence-corrected chi connectivity index (χ3v) is 6.14. The van der Waals surface area contributed by atoms with Crippen molar-refractivity contribution < 1.29 is 17.9 Å². The van der Waals surface area contributed by atoms with Crippen LogP contribution in [0.5, 0.6) is 0 Å². The fourth-order valence-corrected chi connectivity index (χ4v) is 5.02. The molecule has 3 rings (SSSR count). The summed E-state index contributed by atoms with van der Waals surface area (Å²) < 4.78 is 31.3. The number of guanidine groups is 1. The van der Waals surface area contributed by atoms with Gasteiger partial charge in [-0.25, -0.2) is 17.9 Å². The largest absolute Gasteiger partial charge is 0.444 e. The van der Waals surface area contributed by atoms with E-state index in [2.05, 4.69) is 19.9 Å². The van der Waals surface area contributed by atoms with E-state index in [1.165, 1.54) is 6.26 Å². The number of ether oxygens (including phenoxy) is 1. The first-order valence-electron chi connectivity index (χ1n) is 10.0. The zero-order valence-corrected chi connectivity index (χ0v) is 20.8. The van der Waals surface area contributed by atoms with Gasteiger partial charge in [-0.1, -0.05) is 6.42 Å². The Kier molecular flexibility index (Phi) is 8.05. The Morgan fingerprint density at radius 2 is 2.00 bits per heavy atom. The summed E-state index contributed by atoms with van der Waals surface area (Å²) in [5.41, 5.74) is -0.495. The second-order valence-electron chi connectivity index (χ2n) is 9.01. The zero-order chi connectivity index (χ0) is 20.5. The molecule has 9 nitrogen and oxygen atoms in total. The molecule has 2 fully saturated rings. The Hall–Kier alpha value is -0.820. The summed E-state index contributed by atoms with van der Waals surface area (Å²) in [6, 6.07) is 0.154. The first-order chi connectivity index (χ1) is 13.0. The number of sulfonamides is 1. The number of amides is 1. The summed E-state index contributed by atoms with van der Waals surface area (Å²) in [5, 5.41) is 3.43. The molecule has 11 heteroatoms. The van der Waals surface area contributed by atoms with Crippen molar-refractivity contribution in [2.75, 3.05) is 39.0 Å². The molecule has 0 bridgehead atoms. The number of halogens is 1. The number of rotatable bonds is 4. The molecule has 0 aromatic heterocycles. The van der Waals surface area contributed by atoms with Crippen LogP contribution in [0.25, 0.3) is 0 Å². The van der Waals surface area contributed by atoms with Gasteiger partial charge >= 0.3 is 6.09 Å². The van der Waals surface area contributed by atoms with E-state index in [9.17, 15) is 13.2 Å². The molecule has 0 radical (unpaired) electrons. The summed E-state index contributed by atoms with van der Waals surface area (Å²) in [6.45, 7) is 8.89. The average molecular weight is 543 g/mol. The number of piperazine rings is 1. The standard InChI is InChI=1S/C18H33N5O4S.HI/c1-18(2,3)27-17(24)22-8-9-23-14(12-22)11-20-16(23)19-10-13-6-5-7-15(13)21-28(4,25)26;/h13-15,21H,5-12H2,1-4H3,(H,19,20);1H. The molecule has 2 N–H and O–H groups in total. The van der Waals surface area contributed by atoms with Gasteiger partial charge in [0.2, 0.25) is 10.0 Å². The van der Waals surface area contributed by atoms with E-state index in [1.54, 1.807) is 4.90 Å². The van der Waals surface area contributed by atoms with Crippen molar-refractivity contribution in [1.82, 2.24) is 19.8 Å². The van der Waals surface area contributed by atoms with Gasteiger partial charge in [-0.05, 0) is 39.5 Å². The number of aliphatic imine (C=N–C) groups is 1. The highest BCUT2D eigenvalue weighted by Crippen LogP contribution is 2.26. The quantitative estimate of drug-likeness (QED) is 0.517. The van der Waals surface area contributed by atoms with E-state index in [4.69, 9.17) is 4.74 Å². The number of nitrogens with one attached hydrogen (secondary N) is 2. The van der Waals surface area contributed by atoms with E-state index in [-0.39, 0.29) is 48.1 Å². The van der Waals surface area contributed by atoms with Crippen LogP contribution < -0.4 is 10.0 Å². The van der Waals surface area contributed by atoms with Crippen molar-refractivity contribution in [3.05, 3.63) is 0 Å². The first kappa shape index (κ1) is 24.4. The van der Waals surface area contributed by atoms with Crippen LogP contribution in [0.4, 0.5) is 4.79 Å². The second kappa shape index (κ2) is 9.54. The molecule has 0 aromatic carbocycles. The third-order valence-electron chi connectivity index (χ3n) is 5.41. The van der Waals surface area contributed by atoms with Crippen molar-refractivity contribution in [2.24, 2.45) is 10.9 Å². The summed E-state index contributed by atoms with van der Waals surface area (Å²) in [4.78, 5) is 20.9. The van der Waals surface area contributed by atoms with Crippen LogP contribution in [0.1, 0.15) is 40.0 Å². The van der Waals surface area contributed by atoms with Crippen molar-refractivity contribution in [3.8, 4) is 0 Å². The van der Waals surface area contributed by atoms with Gasteiger partial charge in [0.05, 0.1) is 18.8 Å². The molecule has 1 aliphatic carbocycles. The Bertz CT molecular complexity index is 724. The summed E-state index contributed by atoms with van der Waals surface area (Å²) in [7, 11) is -3.19. The van der Waals surface area contributed by atoms with Crippen molar-refractivity contribution in [3.63, 3.8) is 0 Å². The van der Waals surface area contributed by atoms with Gasteiger partial charge < -0.3 is 19.9 Å². The molecule has 168 valence electrons. The number of carbonyl (C=O) groups is 1. The van der Waals surface area contributed by atoms with Crippen LogP contribution >= 0.6 is 24.0 Å². The molecular formula is C18H34IN5O4S. The molecule has 2 heterocycles. The highest BCUT2D eigenvalue weighted by atomic mass is 127. The fraction of sp³-hybridized carbons (Fsp3) is 0.889. The molecule has 0 spiro atoms. The topological polar surface area (TPSA) is 103 Å². The predicted molar refractivity (Wildman–Crippen MR) is 123 cm³/mol. The predicted octanol–water partition coefficient (Wildman–Crippen LogP) is 1.20. The maximum absolute atomic E-state index is 12.3. The Morgan fingerprint density at radius 1 is 1.28 bits per heavy atom. The van der Waals surface area contributed by atoms with Gasteiger partial charge in [-0.15, -0.1) is 24.0 Å². The monoisotopic (exact) mass is 543 g/mol. The molecule has 1 saturated carbocycles. The van der Waals surface area contributed by atoms with Crippen molar-refractivity contribution in [1.29, 1.82) is 0 Å². The summed E-state index contributed by atoms with van der Waals surface area (Å²) in [6.07, 6.45) is 3.86. The van der Waals surface area contributed by atoms with E-state index in [0.717, 1.165) is 25.2 Å². The molecule has 29 heavy (non-hydrogen) atoms. The minimum Gasteiger partial charge on any atom is -0.444 e. The average Bonchev–Trinajstić information content (AvgIpc) is 3.15. The Labute approximate surface area is 191 Å². The minimum absolute atomic E-state index is 0. The molecule has 3 atom stereocenters. The number of carbonyl (C=O) groups excluding carboxylic acids is 1. The van der Waals surface area contributed by atoms with Gasteiger partial charge in [0.1, 0.15) is 5.60 Å². The molecule has 1 saturated heterocycles. The smallest absolute Gasteiger partial charge is 0.410 e. The third kappa shape index (κ3) is 6.84. The minimum atomic E-state index is -3.19.